The molecule has 2 aliphatic rings. The molecule has 3 nitrogen and oxygen atoms in total. The van der Waals surface area contributed by atoms with E-state index in [2.05, 4.69) is 37.6 Å². The summed E-state index contributed by atoms with van der Waals surface area (Å²) in [6, 6.07) is 0.970. The molecule has 3 heteroatoms. The van der Waals surface area contributed by atoms with Crippen LogP contribution in [0.3, 0.4) is 0 Å². The lowest BCUT2D eigenvalue weighted by molar-refractivity contribution is -0.138. The van der Waals surface area contributed by atoms with Crippen molar-refractivity contribution < 1.29 is 4.79 Å². The van der Waals surface area contributed by atoms with Crippen molar-refractivity contribution in [2.24, 2.45) is 5.41 Å². The molecule has 0 saturated carbocycles. The first kappa shape index (κ1) is 11.9. The zero-order valence-electron chi connectivity index (χ0n) is 11.0. The van der Waals surface area contributed by atoms with Gasteiger partial charge in [-0.3, -0.25) is 4.79 Å². The molecule has 0 aromatic carbocycles. The summed E-state index contributed by atoms with van der Waals surface area (Å²) in [6.07, 6.45) is 3.08. The number of rotatable bonds is 1. The highest BCUT2D eigenvalue weighted by Crippen LogP contribution is 2.32. The standard InChI is InChI=1S/C13H24N2O/c1-13(2,3)7-12(16)15-10-5-6-11(15)9-14(4)8-10/h10-11H,5-9H2,1-4H3. The summed E-state index contributed by atoms with van der Waals surface area (Å²) < 4.78 is 0. The monoisotopic (exact) mass is 224 g/mol. The molecule has 0 spiro atoms. The number of fused-ring (bicyclic) bond motifs is 2. The van der Waals surface area contributed by atoms with Gasteiger partial charge < -0.3 is 9.80 Å². The first-order valence-electron chi connectivity index (χ1n) is 6.36. The largest absolute Gasteiger partial charge is 0.334 e. The molecule has 2 atom stereocenters. The van der Waals surface area contributed by atoms with E-state index in [1.165, 1.54) is 12.8 Å². The van der Waals surface area contributed by atoms with Crippen LogP contribution in [0.2, 0.25) is 0 Å². The molecular formula is C13H24N2O. The van der Waals surface area contributed by atoms with Gasteiger partial charge in [-0.15, -0.1) is 0 Å². The smallest absolute Gasteiger partial charge is 0.223 e. The molecule has 2 fully saturated rings. The van der Waals surface area contributed by atoms with E-state index in [-0.39, 0.29) is 5.41 Å². The van der Waals surface area contributed by atoms with E-state index in [1.54, 1.807) is 0 Å². The fourth-order valence-corrected chi connectivity index (χ4v) is 3.07. The van der Waals surface area contributed by atoms with Gasteiger partial charge >= 0.3 is 0 Å². The first-order valence-corrected chi connectivity index (χ1v) is 6.36. The molecule has 92 valence electrons. The van der Waals surface area contributed by atoms with E-state index in [9.17, 15) is 4.79 Å². The second kappa shape index (κ2) is 4.02. The highest BCUT2D eigenvalue weighted by molar-refractivity contribution is 5.78. The quantitative estimate of drug-likeness (QED) is 0.677. The van der Waals surface area contributed by atoms with Gasteiger partial charge in [0, 0.05) is 31.6 Å². The molecule has 0 radical (unpaired) electrons. The minimum Gasteiger partial charge on any atom is -0.334 e. The first-order chi connectivity index (χ1) is 7.37. The number of carbonyl (C=O) groups is 1. The Morgan fingerprint density at radius 2 is 1.69 bits per heavy atom. The van der Waals surface area contributed by atoms with Gasteiger partial charge in [0.2, 0.25) is 5.91 Å². The van der Waals surface area contributed by atoms with Crippen LogP contribution in [0, 0.1) is 5.41 Å². The Bertz CT molecular complexity index is 268. The van der Waals surface area contributed by atoms with Gasteiger partial charge in [0.15, 0.2) is 0 Å². The molecule has 2 bridgehead atoms. The average molecular weight is 224 g/mol. The molecule has 0 aromatic rings. The van der Waals surface area contributed by atoms with Crippen LogP contribution in [0.15, 0.2) is 0 Å². The normalized spacial score (nSPS) is 30.9. The molecule has 2 heterocycles. The maximum Gasteiger partial charge on any atom is 0.223 e. The lowest BCUT2D eigenvalue weighted by Crippen LogP contribution is -2.55. The van der Waals surface area contributed by atoms with Crippen molar-refractivity contribution in [2.45, 2.75) is 52.1 Å². The Labute approximate surface area is 98.8 Å². The Hall–Kier alpha value is -0.570. The number of piperazine rings is 1. The summed E-state index contributed by atoms with van der Waals surface area (Å²) >= 11 is 0. The highest BCUT2D eigenvalue weighted by atomic mass is 16.2. The van der Waals surface area contributed by atoms with E-state index in [1.807, 2.05) is 0 Å². The van der Waals surface area contributed by atoms with E-state index in [0.717, 1.165) is 13.1 Å². The summed E-state index contributed by atoms with van der Waals surface area (Å²) in [5.41, 5.74) is 0.111. The zero-order valence-corrected chi connectivity index (χ0v) is 11.0. The van der Waals surface area contributed by atoms with Crippen LogP contribution in [-0.4, -0.2) is 47.9 Å². The fourth-order valence-electron chi connectivity index (χ4n) is 3.07. The lowest BCUT2D eigenvalue weighted by Gasteiger charge is -2.40. The van der Waals surface area contributed by atoms with Crippen molar-refractivity contribution in [3.63, 3.8) is 0 Å². The van der Waals surface area contributed by atoms with Gasteiger partial charge in [0.1, 0.15) is 0 Å². The zero-order chi connectivity index (χ0) is 11.9. The summed E-state index contributed by atoms with van der Waals surface area (Å²) in [5, 5.41) is 0. The second-order valence-electron chi connectivity index (χ2n) is 6.64. The van der Waals surface area contributed by atoms with E-state index < -0.39 is 0 Å². The molecule has 2 unspecified atom stereocenters. The van der Waals surface area contributed by atoms with Crippen molar-refractivity contribution in [2.75, 3.05) is 20.1 Å². The third-order valence-corrected chi connectivity index (χ3v) is 3.63. The molecule has 0 N–H and O–H groups in total. The topological polar surface area (TPSA) is 23.6 Å². The predicted octanol–water partition coefficient (Wildman–Crippen LogP) is 1.73. The number of nitrogens with zero attached hydrogens (tertiary/aromatic N) is 2. The lowest BCUT2D eigenvalue weighted by atomic mass is 9.91. The molecule has 1 amide bonds. The van der Waals surface area contributed by atoms with Gasteiger partial charge in [-0.1, -0.05) is 20.8 Å². The average Bonchev–Trinajstić information content (AvgIpc) is 2.36. The summed E-state index contributed by atoms with van der Waals surface area (Å²) in [7, 11) is 2.16. The van der Waals surface area contributed by atoms with Crippen LogP contribution in [-0.2, 0) is 4.79 Å². The van der Waals surface area contributed by atoms with Crippen LogP contribution in [0.4, 0.5) is 0 Å². The summed E-state index contributed by atoms with van der Waals surface area (Å²) in [5.74, 6) is 0.369. The van der Waals surface area contributed by atoms with Gasteiger partial charge in [-0.25, -0.2) is 0 Å². The van der Waals surface area contributed by atoms with Crippen molar-refractivity contribution in [3.8, 4) is 0 Å². The van der Waals surface area contributed by atoms with Crippen LogP contribution in [0.25, 0.3) is 0 Å². The molecule has 0 aliphatic carbocycles. The number of likely N-dealkylation sites (N-methyl/N-ethyl adjacent to an activating group) is 1. The number of hydrogen-bond acceptors (Lipinski definition) is 2. The molecule has 2 saturated heterocycles. The minimum atomic E-state index is 0.111. The predicted molar refractivity (Wildman–Crippen MR) is 65.2 cm³/mol. The maximum atomic E-state index is 12.3. The van der Waals surface area contributed by atoms with Gasteiger partial charge in [-0.05, 0) is 25.3 Å². The van der Waals surface area contributed by atoms with E-state index in [4.69, 9.17) is 0 Å². The van der Waals surface area contributed by atoms with Gasteiger partial charge in [-0.2, -0.15) is 0 Å². The van der Waals surface area contributed by atoms with Crippen LogP contribution >= 0.6 is 0 Å². The van der Waals surface area contributed by atoms with Crippen LogP contribution < -0.4 is 0 Å². The Morgan fingerprint density at radius 3 is 2.12 bits per heavy atom. The Morgan fingerprint density at radius 1 is 1.19 bits per heavy atom. The molecule has 2 rings (SSSR count). The number of carbonyl (C=O) groups excluding carboxylic acids is 1. The molecule has 0 aromatic heterocycles. The van der Waals surface area contributed by atoms with Crippen molar-refractivity contribution in [1.29, 1.82) is 0 Å². The molecule has 2 aliphatic heterocycles. The van der Waals surface area contributed by atoms with E-state index >= 15 is 0 Å². The molecule has 16 heavy (non-hydrogen) atoms. The minimum absolute atomic E-state index is 0.111. The summed E-state index contributed by atoms with van der Waals surface area (Å²) in [6.45, 7) is 8.55. The van der Waals surface area contributed by atoms with Crippen molar-refractivity contribution in [1.82, 2.24) is 9.80 Å². The SMILES string of the molecule is CN1CC2CCC(C1)N2C(=O)CC(C)(C)C. The Kier molecular flexibility index (Phi) is 2.99. The van der Waals surface area contributed by atoms with Crippen LogP contribution in [0.5, 0.6) is 0 Å². The molecular weight excluding hydrogens is 200 g/mol. The van der Waals surface area contributed by atoms with Crippen molar-refractivity contribution >= 4 is 5.91 Å². The number of hydrogen-bond donors (Lipinski definition) is 0. The highest BCUT2D eigenvalue weighted by Gasteiger charge is 2.41. The maximum absolute atomic E-state index is 12.3. The van der Waals surface area contributed by atoms with Gasteiger partial charge in [0.05, 0.1) is 0 Å². The fraction of sp³-hybridized carbons (Fsp3) is 0.923. The summed E-state index contributed by atoms with van der Waals surface area (Å²) in [4.78, 5) is 16.8. The number of amides is 1. The van der Waals surface area contributed by atoms with Gasteiger partial charge in [0.25, 0.3) is 0 Å². The van der Waals surface area contributed by atoms with E-state index in [0.29, 0.717) is 24.4 Å². The Balaban J connectivity index is 2.03. The second-order valence-corrected chi connectivity index (χ2v) is 6.64. The van der Waals surface area contributed by atoms with Crippen LogP contribution in [0.1, 0.15) is 40.0 Å². The number of likely N-dealkylation sites (tertiary alicyclic amines) is 1. The third-order valence-electron chi connectivity index (χ3n) is 3.63. The van der Waals surface area contributed by atoms with Crippen molar-refractivity contribution in [3.05, 3.63) is 0 Å². The third kappa shape index (κ3) is 2.40.